The standard InChI is InChI=1S/C17H22N2O3S/c20-17(14-12-15(22-19-14)16-8-4-11-23-16)18-9-5-10-21-13-6-2-1-3-7-13/h4,8,11-13H,1-3,5-7,9-10H2,(H,18,20). The fraction of sp³-hybridized carbons (Fsp3) is 0.529. The lowest BCUT2D eigenvalue weighted by atomic mass is 9.98. The average molecular weight is 334 g/mol. The smallest absolute Gasteiger partial charge is 0.273 e. The Balaban J connectivity index is 1.36. The molecule has 1 aliphatic carbocycles. The van der Waals surface area contributed by atoms with E-state index >= 15 is 0 Å². The van der Waals surface area contributed by atoms with E-state index < -0.39 is 0 Å². The molecule has 2 aromatic rings. The number of hydrogen-bond donors (Lipinski definition) is 1. The summed E-state index contributed by atoms with van der Waals surface area (Å²) in [7, 11) is 0. The molecule has 0 bridgehead atoms. The van der Waals surface area contributed by atoms with Gasteiger partial charge in [-0.05, 0) is 30.7 Å². The fourth-order valence-corrected chi connectivity index (χ4v) is 3.44. The molecule has 0 aromatic carbocycles. The maximum atomic E-state index is 12.0. The number of hydrogen-bond acceptors (Lipinski definition) is 5. The molecule has 0 saturated heterocycles. The highest BCUT2D eigenvalue weighted by Gasteiger charge is 2.15. The molecular formula is C17H22N2O3S. The highest BCUT2D eigenvalue weighted by molar-refractivity contribution is 7.13. The number of aromatic nitrogens is 1. The summed E-state index contributed by atoms with van der Waals surface area (Å²) < 4.78 is 11.1. The quantitative estimate of drug-likeness (QED) is 0.781. The maximum absolute atomic E-state index is 12.0. The Morgan fingerprint density at radius 3 is 3.04 bits per heavy atom. The summed E-state index contributed by atoms with van der Waals surface area (Å²) in [6.07, 6.45) is 7.48. The summed E-state index contributed by atoms with van der Waals surface area (Å²) in [5.41, 5.74) is 0.321. The number of rotatable bonds is 7. The molecule has 1 fully saturated rings. The molecule has 2 heterocycles. The predicted molar refractivity (Wildman–Crippen MR) is 89.6 cm³/mol. The summed E-state index contributed by atoms with van der Waals surface area (Å²) in [4.78, 5) is 13.0. The fourth-order valence-electron chi connectivity index (χ4n) is 2.76. The van der Waals surface area contributed by atoms with E-state index in [0.717, 1.165) is 11.3 Å². The maximum Gasteiger partial charge on any atom is 0.273 e. The molecule has 1 N–H and O–H groups in total. The van der Waals surface area contributed by atoms with E-state index in [2.05, 4.69) is 10.5 Å². The topological polar surface area (TPSA) is 64.4 Å². The van der Waals surface area contributed by atoms with Crippen molar-refractivity contribution in [2.45, 2.75) is 44.6 Å². The first-order valence-corrected chi connectivity index (χ1v) is 9.11. The Morgan fingerprint density at radius 1 is 1.39 bits per heavy atom. The van der Waals surface area contributed by atoms with Crippen LogP contribution in [-0.2, 0) is 4.74 Å². The molecule has 5 nitrogen and oxygen atoms in total. The minimum atomic E-state index is -0.200. The lowest BCUT2D eigenvalue weighted by molar-refractivity contribution is 0.0273. The van der Waals surface area contributed by atoms with Crippen LogP contribution in [-0.4, -0.2) is 30.3 Å². The van der Waals surface area contributed by atoms with Gasteiger partial charge in [0.25, 0.3) is 5.91 Å². The Labute approximate surface area is 140 Å². The van der Waals surface area contributed by atoms with Crippen LogP contribution in [0.2, 0.25) is 0 Å². The number of nitrogens with zero attached hydrogens (tertiary/aromatic N) is 1. The first kappa shape index (κ1) is 16.2. The van der Waals surface area contributed by atoms with Crippen LogP contribution in [0.5, 0.6) is 0 Å². The molecule has 0 radical (unpaired) electrons. The van der Waals surface area contributed by atoms with Crippen LogP contribution in [0.15, 0.2) is 28.1 Å². The molecule has 1 aliphatic rings. The molecule has 3 rings (SSSR count). The van der Waals surface area contributed by atoms with Gasteiger partial charge in [-0.3, -0.25) is 4.79 Å². The first-order chi connectivity index (χ1) is 11.3. The van der Waals surface area contributed by atoms with Crippen LogP contribution in [0.4, 0.5) is 0 Å². The van der Waals surface area contributed by atoms with E-state index in [1.165, 1.54) is 32.1 Å². The van der Waals surface area contributed by atoms with Gasteiger partial charge in [0, 0.05) is 19.2 Å². The van der Waals surface area contributed by atoms with Gasteiger partial charge >= 0.3 is 0 Å². The van der Waals surface area contributed by atoms with Crippen LogP contribution < -0.4 is 5.32 Å². The number of nitrogens with one attached hydrogen (secondary N) is 1. The molecule has 2 aromatic heterocycles. The van der Waals surface area contributed by atoms with Gasteiger partial charge < -0.3 is 14.6 Å². The van der Waals surface area contributed by atoms with Crippen molar-refractivity contribution in [1.29, 1.82) is 0 Å². The molecular weight excluding hydrogens is 312 g/mol. The van der Waals surface area contributed by atoms with Gasteiger partial charge in [0.05, 0.1) is 11.0 Å². The second kappa shape index (κ2) is 8.26. The van der Waals surface area contributed by atoms with Crippen molar-refractivity contribution in [3.63, 3.8) is 0 Å². The van der Waals surface area contributed by atoms with Crippen molar-refractivity contribution in [2.24, 2.45) is 0 Å². The van der Waals surface area contributed by atoms with Crippen molar-refractivity contribution < 1.29 is 14.1 Å². The Bertz CT molecular complexity index is 603. The number of amides is 1. The summed E-state index contributed by atoms with van der Waals surface area (Å²) >= 11 is 1.56. The van der Waals surface area contributed by atoms with Crippen molar-refractivity contribution in [1.82, 2.24) is 10.5 Å². The van der Waals surface area contributed by atoms with E-state index in [9.17, 15) is 4.79 Å². The van der Waals surface area contributed by atoms with Crippen LogP contribution in [0.1, 0.15) is 49.0 Å². The van der Waals surface area contributed by atoms with Crippen molar-refractivity contribution >= 4 is 17.2 Å². The van der Waals surface area contributed by atoms with Crippen LogP contribution in [0, 0.1) is 0 Å². The SMILES string of the molecule is O=C(NCCCOC1CCCCC1)c1cc(-c2cccs2)on1. The van der Waals surface area contributed by atoms with Gasteiger partial charge in [0.1, 0.15) is 0 Å². The number of carbonyl (C=O) groups is 1. The first-order valence-electron chi connectivity index (χ1n) is 8.23. The molecule has 0 unspecified atom stereocenters. The largest absolute Gasteiger partial charge is 0.378 e. The van der Waals surface area contributed by atoms with E-state index in [4.69, 9.17) is 9.26 Å². The Morgan fingerprint density at radius 2 is 2.26 bits per heavy atom. The number of thiophene rings is 1. The van der Waals surface area contributed by atoms with Crippen LogP contribution in [0.25, 0.3) is 10.6 Å². The third kappa shape index (κ3) is 4.65. The summed E-state index contributed by atoms with van der Waals surface area (Å²) in [5.74, 6) is 0.431. The lowest BCUT2D eigenvalue weighted by Gasteiger charge is -2.21. The molecule has 0 atom stereocenters. The highest BCUT2D eigenvalue weighted by atomic mass is 32.1. The summed E-state index contributed by atoms with van der Waals surface area (Å²) in [6, 6.07) is 5.56. The molecule has 1 amide bonds. The average Bonchev–Trinajstić information content (AvgIpc) is 3.26. The minimum Gasteiger partial charge on any atom is -0.378 e. The summed E-state index contributed by atoms with van der Waals surface area (Å²) in [6.45, 7) is 1.29. The molecule has 23 heavy (non-hydrogen) atoms. The number of carbonyl (C=O) groups excluding carboxylic acids is 1. The second-order valence-corrected chi connectivity index (χ2v) is 6.74. The Kier molecular flexibility index (Phi) is 5.82. The van der Waals surface area contributed by atoms with Crippen LogP contribution >= 0.6 is 11.3 Å². The third-order valence-corrected chi connectivity index (χ3v) is 4.90. The van der Waals surface area contributed by atoms with E-state index in [1.807, 2.05) is 17.5 Å². The molecule has 0 spiro atoms. The number of ether oxygens (including phenoxy) is 1. The van der Waals surface area contributed by atoms with Gasteiger partial charge in [-0.1, -0.05) is 30.5 Å². The van der Waals surface area contributed by atoms with Crippen LogP contribution in [0.3, 0.4) is 0 Å². The van der Waals surface area contributed by atoms with E-state index in [0.29, 0.717) is 30.7 Å². The zero-order chi connectivity index (χ0) is 15.9. The van der Waals surface area contributed by atoms with Crippen molar-refractivity contribution in [3.05, 3.63) is 29.3 Å². The third-order valence-electron chi connectivity index (χ3n) is 4.02. The van der Waals surface area contributed by atoms with Crippen molar-refractivity contribution in [2.75, 3.05) is 13.2 Å². The highest BCUT2D eigenvalue weighted by Crippen LogP contribution is 2.25. The minimum absolute atomic E-state index is 0.200. The van der Waals surface area contributed by atoms with E-state index in [-0.39, 0.29) is 5.91 Å². The molecule has 1 saturated carbocycles. The monoisotopic (exact) mass is 334 g/mol. The van der Waals surface area contributed by atoms with Gasteiger partial charge in [0.2, 0.25) is 0 Å². The van der Waals surface area contributed by atoms with Gasteiger partial charge in [-0.25, -0.2) is 0 Å². The zero-order valence-electron chi connectivity index (χ0n) is 13.1. The van der Waals surface area contributed by atoms with Gasteiger partial charge in [0.15, 0.2) is 11.5 Å². The van der Waals surface area contributed by atoms with Gasteiger partial charge in [-0.2, -0.15) is 0 Å². The normalized spacial score (nSPS) is 15.7. The van der Waals surface area contributed by atoms with Crippen molar-refractivity contribution in [3.8, 4) is 10.6 Å². The summed E-state index contributed by atoms with van der Waals surface area (Å²) in [5, 5.41) is 8.65. The molecule has 0 aliphatic heterocycles. The lowest BCUT2D eigenvalue weighted by Crippen LogP contribution is -2.26. The zero-order valence-corrected chi connectivity index (χ0v) is 13.9. The Hall–Kier alpha value is -1.66. The second-order valence-electron chi connectivity index (χ2n) is 5.79. The molecule has 124 valence electrons. The molecule has 6 heteroatoms. The van der Waals surface area contributed by atoms with Gasteiger partial charge in [-0.15, -0.1) is 11.3 Å². The predicted octanol–water partition coefficient (Wildman–Crippen LogP) is 3.87. The van der Waals surface area contributed by atoms with E-state index in [1.54, 1.807) is 17.4 Å².